The van der Waals surface area contributed by atoms with Gasteiger partial charge in [0.25, 0.3) is 0 Å². The SMILES string of the molecule is CCCCCc1ccc(NC[C@@]2(O)OC[C@@H](O)[C@@H](O)[C@@H]2O)cc1. The molecule has 6 heteroatoms. The summed E-state index contributed by atoms with van der Waals surface area (Å²) < 4.78 is 5.10. The van der Waals surface area contributed by atoms with E-state index in [0.717, 1.165) is 12.1 Å². The molecule has 4 atom stereocenters. The molecular weight excluding hydrogens is 298 g/mol. The molecule has 1 aliphatic rings. The summed E-state index contributed by atoms with van der Waals surface area (Å²) in [6.07, 6.45) is 0.418. The molecule has 0 saturated carbocycles. The maximum atomic E-state index is 10.3. The first-order valence-corrected chi connectivity index (χ1v) is 8.19. The van der Waals surface area contributed by atoms with Crippen molar-refractivity contribution < 1.29 is 25.2 Å². The minimum Gasteiger partial charge on any atom is -0.388 e. The summed E-state index contributed by atoms with van der Waals surface area (Å²) in [5.74, 6) is -1.93. The van der Waals surface area contributed by atoms with Gasteiger partial charge < -0.3 is 30.5 Å². The summed E-state index contributed by atoms with van der Waals surface area (Å²) in [6, 6.07) is 7.87. The second kappa shape index (κ2) is 8.08. The summed E-state index contributed by atoms with van der Waals surface area (Å²) in [5.41, 5.74) is 2.05. The van der Waals surface area contributed by atoms with Crippen molar-refractivity contribution in [3.8, 4) is 0 Å². The topological polar surface area (TPSA) is 102 Å². The molecule has 1 saturated heterocycles. The third-order valence-corrected chi connectivity index (χ3v) is 4.25. The van der Waals surface area contributed by atoms with E-state index in [1.807, 2.05) is 24.3 Å². The van der Waals surface area contributed by atoms with E-state index in [0.29, 0.717) is 0 Å². The van der Waals surface area contributed by atoms with E-state index in [-0.39, 0.29) is 13.2 Å². The number of benzene rings is 1. The van der Waals surface area contributed by atoms with E-state index in [1.54, 1.807) is 0 Å². The lowest BCUT2D eigenvalue weighted by Crippen LogP contribution is -2.63. The van der Waals surface area contributed by atoms with E-state index in [4.69, 9.17) is 4.74 Å². The second-order valence-electron chi connectivity index (χ2n) is 6.17. The van der Waals surface area contributed by atoms with E-state index < -0.39 is 24.1 Å². The molecule has 1 fully saturated rings. The van der Waals surface area contributed by atoms with Crippen molar-refractivity contribution in [1.82, 2.24) is 0 Å². The van der Waals surface area contributed by atoms with Gasteiger partial charge in [0.15, 0.2) is 0 Å². The van der Waals surface area contributed by atoms with E-state index in [9.17, 15) is 20.4 Å². The number of unbranched alkanes of at least 4 members (excludes halogenated alkanes) is 2. The van der Waals surface area contributed by atoms with Crippen LogP contribution in [0, 0.1) is 0 Å². The maximum Gasteiger partial charge on any atom is 0.212 e. The Balaban J connectivity index is 1.87. The van der Waals surface area contributed by atoms with Gasteiger partial charge in [0.05, 0.1) is 13.2 Å². The molecular formula is C17H27NO5. The Kier molecular flexibility index (Phi) is 6.38. The third kappa shape index (κ3) is 4.65. The zero-order chi connectivity index (χ0) is 16.9. The summed E-state index contributed by atoms with van der Waals surface area (Å²) in [5, 5.41) is 42.2. The zero-order valence-corrected chi connectivity index (χ0v) is 13.5. The Hall–Kier alpha value is -1.18. The predicted octanol–water partition coefficient (Wildman–Crippen LogP) is 0.633. The highest BCUT2D eigenvalue weighted by Gasteiger charge is 2.48. The smallest absolute Gasteiger partial charge is 0.212 e. The van der Waals surface area contributed by atoms with Crippen LogP contribution in [0.25, 0.3) is 0 Å². The number of aliphatic hydroxyl groups excluding tert-OH is 3. The maximum absolute atomic E-state index is 10.3. The van der Waals surface area contributed by atoms with Crippen molar-refractivity contribution in [2.45, 2.75) is 56.7 Å². The third-order valence-electron chi connectivity index (χ3n) is 4.25. The van der Waals surface area contributed by atoms with Crippen LogP contribution in [0.15, 0.2) is 24.3 Å². The molecule has 0 aromatic heterocycles. The second-order valence-corrected chi connectivity index (χ2v) is 6.17. The van der Waals surface area contributed by atoms with Gasteiger partial charge in [0, 0.05) is 5.69 Å². The van der Waals surface area contributed by atoms with Crippen LogP contribution in [0.3, 0.4) is 0 Å². The quantitative estimate of drug-likeness (QED) is 0.471. The first-order chi connectivity index (χ1) is 11.0. The Morgan fingerprint density at radius 3 is 2.52 bits per heavy atom. The standard InChI is InChI=1S/C17H27NO5/c1-2-3-4-5-12-6-8-13(9-7-12)18-11-17(22)16(21)15(20)14(19)10-23-17/h6-9,14-16,18-22H,2-5,10-11H2,1H3/t14-,15-,16+,17-/m1/s1. The summed E-state index contributed by atoms with van der Waals surface area (Å²) in [4.78, 5) is 0. The summed E-state index contributed by atoms with van der Waals surface area (Å²) in [6.45, 7) is 1.86. The number of aryl methyl sites for hydroxylation is 1. The lowest BCUT2D eigenvalue weighted by atomic mass is 9.97. The molecule has 1 aromatic carbocycles. The molecule has 1 aliphatic heterocycles. The van der Waals surface area contributed by atoms with Crippen molar-refractivity contribution in [2.75, 3.05) is 18.5 Å². The number of rotatable bonds is 7. The van der Waals surface area contributed by atoms with Gasteiger partial charge in [-0.3, -0.25) is 0 Å². The van der Waals surface area contributed by atoms with Crippen LogP contribution in [0.2, 0.25) is 0 Å². The van der Waals surface area contributed by atoms with Gasteiger partial charge in [-0.2, -0.15) is 0 Å². The fourth-order valence-electron chi connectivity index (χ4n) is 2.64. The number of hydrogen-bond acceptors (Lipinski definition) is 6. The molecule has 5 N–H and O–H groups in total. The molecule has 0 amide bonds. The number of hydrogen-bond donors (Lipinski definition) is 5. The van der Waals surface area contributed by atoms with Crippen LogP contribution in [0.5, 0.6) is 0 Å². The van der Waals surface area contributed by atoms with Crippen LogP contribution in [0.1, 0.15) is 31.7 Å². The van der Waals surface area contributed by atoms with Gasteiger partial charge in [0.1, 0.15) is 18.3 Å². The van der Waals surface area contributed by atoms with Gasteiger partial charge in [-0.05, 0) is 30.5 Å². The highest BCUT2D eigenvalue weighted by molar-refractivity contribution is 5.45. The Bertz CT molecular complexity index is 480. The van der Waals surface area contributed by atoms with Gasteiger partial charge >= 0.3 is 0 Å². The minimum atomic E-state index is -1.93. The Labute approximate surface area is 136 Å². The van der Waals surface area contributed by atoms with Gasteiger partial charge in [-0.25, -0.2) is 0 Å². The van der Waals surface area contributed by atoms with Crippen LogP contribution in [0.4, 0.5) is 5.69 Å². The van der Waals surface area contributed by atoms with E-state index in [1.165, 1.54) is 24.8 Å². The van der Waals surface area contributed by atoms with Crippen LogP contribution in [-0.2, 0) is 11.2 Å². The first kappa shape index (κ1) is 18.2. The predicted molar refractivity (Wildman–Crippen MR) is 87.1 cm³/mol. The van der Waals surface area contributed by atoms with Crippen molar-refractivity contribution in [1.29, 1.82) is 0 Å². The zero-order valence-electron chi connectivity index (χ0n) is 13.5. The average Bonchev–Trinajstić information content (AvgIpc) is 2.56. The van der Waals surface area contributed by atoms with E-state index >= 15 is 0 Å². The molecule has 0 radical (unpaired) electrons. The normalized spacial score (nSPS) is 31.1. The van der Waals surface area contributed by atoms with Crippen LogP contribution in [-0.4, -0.2) is 57.7 Å². The van der Waals surface area contributed by atoms with Crippen molar-refractivity contribution in [2.24, 2.45) is 0 Å². The van der Waals surface area contributed by atoms with Crippen molar-refractivity contribution in [3.63, 3.8) is 0 Å². The molecule has 1 heterocycles. The molecule has 23 heavy (non-hydrogen) atoms. The molecule has 0 spiro atoms. The lowest BCUT2D eigenvalue weighted by Gasteiger charge is -2.41. The minimum absolute atomic E-state index is 0.0902. The van der Waals surface area contributed by atoms with Gasteiger partial charge in [0.2, 0.25) is 5.79 Å². The molecule has 1 aromatic rings. The highest BCUT2D eigenvalue weighted by Crippen LogP contribution is 2.24. The van der Waals surface area contributed by atoms with Gasteiger partial charge in [-0.15, -0.1) is 0 Å². The number of anilines is 1. The molecule has 2 rings (SSSR count). The lowest BCUT2D eigenvalue weighted by molar-refractivity contribution is -0.313. The monoisotopic (exact) mass is 325 g/mol. The fraction of sp³-hybridized carbons (Fsp3) is 0.647. The van der Waals surface area contributed by atoms with Crippen molar-refractivity contribution >= 4 is 5.69 Å². The van der Waals surface area contributed by atoms with E-state index in [2.05, 4.69) is 12.2 Å². The van der Waals surface area contributed by atoms with Crippen molar-refractivity contribution in [3.05, 3.63) is 29.8 Å². The Morgan fingerprint density at radius 1 is 1.17 bits per heavy atom. The molecule has 130 valence electrons. The molecule has 0 aliphatic carbocycles. The number of ether oxygens (including phenoxy) is 1. The fourth-order valence-corrected chi connectivity index (χ4v) is 2.64. The van der Waals surface area contributed by atoms with Crippen LogP contribution < -0.4 is 5.32 Å². The first-order valence-electron chi connectivity index (χ1n) is 8.19. The number of aliphatic hydroxyl groups is 4. The summed E-state index contributed by atoms with van der Waals surface area (Å²) in [7, 11) is 0. The number of nitrogens with one attached hydrogen (secondary N) is 1. The molecule has 0 unspecified atom stereocenters. The summed E-state index contributed by atoms with van der Waals surface area (Å²) >= 11 is 0. The average molecular weight is 325 g/mol. The highest BCUT2D eigenvalue weighted by atomic mass is 16.6. The Morgan fingerprint density at radius 2 is 1.87 bits per heavy atom. The van der Waals surface area contributed by atoms with Gasteiger partial charge in [-0.1, -0.05) is 31.9 Å². The van der Waals surface area contributed by atoms with Crippen LogP contribution >= 0.6 is 0 Å². The molecule has 6 nitrogen and oxygen atoms in total. The molecule has 0 bridgehead atoms. The largest absolute Gasteiger partial charge is 0.388 e.